The third-order valence-corrected chi connectivity index (χ3v) is 3.46. The van der Waals surface area contributed by atoms with Crippen LogP contribution in [-0.4, -0.2) is 27.6 Å². The minimum atomic E-state index is -0.463. The Morgan fingerprint density at radius 1 is 1.48 bits per heavy atom. The van der Waals surface area contributed by atoms with Crippen molar-refractivity contribution < 1.29 is 13.7 Å². The minimum absolute atomic E-state index is 0.162. The Labute approximate surface area is 120 Å². The molecule has 1 aliphatic rings. The quantitative estimate of drug-likeness (QED) is 0.923. The van der Waals surface area contributed by atoms with Crippen molar-refractivity contribution >= 4 is 11.7 Å². The van der Waals surface area contributed by atoms with E-state index >= 15 is 0 Å². The maximum absolute atomic E-state index is 13.6. The molecule has 6 nitrogen and oxygen atoms in total. The second-order valence-electron chi connectivity index (χ2n) is 4.94. The van der Waals surface area contributed by atoms with Gasteiger partial charge in [0.15, 0.2) is 5.82 Å². The molecule has 1 aliphatic heterocycles. The average molecular weight is 290 g/mol. The molecule has 0 bridgehead atoms. The summed E-state index contributed by atoms with van der Waals surface area (Å²) in [6.45, 7) is 2.30. The Morgan fingerprint density at radius 3 is 3.00 bits per heavy atom. The van der Waals surface area contributed by atoms with Gasteiger partial charge in [0.1, 0.15) is 11.9 Å². The molecule has 0 saturated carbocycles. The summed E-state index contributed by atoms with van der Waals surface area (Å²) in [6.07, 6.45) is 1.60. The van der Waals surface area contributed by atoms with E-state index in [0.717, 1.165) is 12.8 Å². The number of nitrogens with zero attached hydrogens (tertiary/aromatic N) is 3. The lowest BCUT2D eigenvalue weighted by atomic mass is 10.2. The normalized spacial score (nSPS) is 18.0. The summed E-state index contributed by atoms with van der Waals surface area (Å²) in [5.74, 6) is 0.496. The standard InChI is InChI=1S/C14H15FN4O2/c1-9-16-13(21-18-9)12-7-4-8-19(12)14(20)17-11-6-3-2-5-10(11)15/h2-3,5-6,12H,4,7-8H2,1H3,(H,17,20). The lowest BCUT2D eigenvalue weighted by Gasteiger charge is -2.22. The molecule has 0 radical (unpaired) electrons. The van der Waals surface area contributed by atoms with Crippen molar-refractivity contribution in [1.82, 2.24) is 15.0 Å². The van der Waals surface area contributed by atoms with Gasteiger partial charge in [-0.2, -0.15) is 4.98 Å². The first-order chi connectivity index (χ1) is 10.1. The Kier molecular flexibility index (Phi) is 3.55. The SMILES string of the molecule is Cc1noc(C2CCCN2C(=O)Nc2ccccc2F)n1. The molecule has 7 heteroatoms. The summed E-state index contributed by atoms with van der Waals surface area (Å²) in [7, 11) is 0. The monoisotopic (exact) mass is 290 g/mol. The minimum Gasteiger partial charge on any atom is -0.337 e. The third kappa shape index (κ3) is 2.72. The Balaban J connectivity index is 1.76. The number of aromatic nitrogens is 2. The number of carbonyl (C=O) groups excluding carboxylic acids is 1. The molecule has 110 valence electrons. The highest BCUT2D eigenvalue weighted by Crippen LogP contribution is 2.31. The summed E-state index contributed by atoms with van der Waals surface area (Å²) < 4.78 is 18.7. The molecule has 3 rings (SSSR count). The molecule has 2 aromatic rings. The van der Waals surface area contributed by atoms with Gasteiger partial charge < -0.3 is 14.7 Å². The van der Waals surface area contributed by atoms with Crippen LogP contribution in [0.1, 0.15) is 30.6 Å². The van der Waals surface area contributed by atoms with Crippen LogP contribution in [0, 0.1) is 12.7 Å². The number of carbonyl (C=O) groups is 1. The zero-order valence-electron chi connectivity index (χ0n) is 11.5. The van der Waals surface area contributed by atoms with E-state index in [-0.39, 0.29) is 17.8 Å². The highest BCUT2D eigenvalue weighted by molar-refractivity contribution is 5.89. The van der Waals surface area contributed by atoms with E-state index in [1.165, 1.54) is 12.1 Å². The smallest absolute Gasteiger partial charge is 0.322 e. The summed E-state index contributed by atoms with van der Waals surface area (Å²) in [4.78, 5) is 18.1. The van der Waals surface area contributed by atoms with Crippen LogP contribution in [0.4, 0.5) is 14.9 Å². The Morgan fingerprint density at radius 2 is 2.29 bits per heavy atom. The Hall–Kier alpha value is -2.44. The van der Waals surface area contributed by atoms with Crippen LogP contribution in [0.5, 0.6) is 0 Å². The molecule has 1 atom stereocenters. The van der Waals surface area contributed by atoms with Crippen molar-refractivity contribution in [3.8, 4) is 0 Å². The predicted molar refractivity (Wildman–Crippen MR) is 73.1 cm³/mol. The first kappa shape index (κ1) is 13.5. The molecule has 1 aromatic carbocycles. The van der Waals surface area contributed by atoms with E-state index < -0.39 is 5.82 Å². The number of amides is 2. The van der Waals surface area contributed by atoms with Gasteiger partial charge in [0, 0.05) is 6.54 Å². The number of urea groups is 1. The van der Waals surface area contributed by atoms with Crippen LogP contribution in [0.15, 0.2) is 28.8 Å². The van der Waals surface area contributed by atoms with Gasteiger partial charge in [0.2, 0.25) is 5.89 Å². The van der Waals surface area contributed by atoms with Crippen molar-refractivity contribution in [3.05, 3.63) is 41.8 Å². The van der Waals surface area contributed by atoms with Crippen LogP contribution in [0.25, 0.3) is 0 Å². The van der Waals surface area contributed by atoms with Crippen molar-refractivity contribution in [3.63, 3.8) is 0 Å². The molecule has 1 fully saturated rings. The van der Waals surface area contributed by atoms with E-state index in [1.54, 1.807) is 24.0 Å². The topological polar surface area (TPSA) is 71.3 Å². The maximum atomic E-state index is 13.6. The predicted octanol–water partition coefficient (Wildman–Crippen LogP) is 2.89. The highest BCUT2D eigenvalue weighted by Gasteiger charge is 2.34. The number of hydrogen-bond acceptors (Lipinski definition) is 4. The van der Waals surface area contributed by atoms with Gasteiger partial charge in [-0.1, -0.05) is 17.3 Å². The number of nitrogens with one attached hydrogen (secondary N) is 1. The highest BCUT2D eigenvalue weighted by atomic mass is 19.1. The number of hydrogen-bond donors (Lipinski definition) is 1. The number of aryl methyl sites for hydroxylation is 1. The molecule has 2 amide bonds. The van der Waals surface area contributed by atoms with Gasteiger partial charge in [0.25, 0.3) is 0 Å². The fraction of sp³-hybridized carbons (Fsp3) is 0.357. The van der Waals surface area contributed by atoms with Gasteiger partial charge in [0.05, 0.1) is 5.69 Å². The molecule has 2 heterocycles. The van der Waals surface area contributed by atoms with Crippen molar-refractivity contribution in [1.29, 1.82) is 0 Å². The van der Waals surface area contributed by atoms with Gasteiger partial charge >= 0.3 is 6.03 Å². The average Bonchev–Trinajstić information content (AvgIpc) is 3.09. The molecule has 21 heavy (non-hydrogen) atoms. The van der Waals surface area contributed by atoms with Gasteiger partial charge in [-0.25, -0.2) is 9.18 Å². The number of rotatable bonds is 2. The second kappa shape index (κ2) is 5.51. The Bertz CT molecular complexity index is 658. The van der Waals surface area contributed by atoms with Crippen LogP contribution in [-0.2, 0) is 0 Å². The molecule has 1 saturated heterocycles. The first-order valence-corrected chi connectivity index (χ1v) is 6.77. The molecule has 1 aromatic heterocycles. The van der Waals surface area contributed by atoms with Crippen LogP contribution in [0.2, 0.25) is 0 Å². The zero-order chi connectivity index (χ0) is 14.8. The summed E-state index contributed by atoms with van der Waals surface area (Å²) in [5, 5.41) is 6.33. The summed E-state index contributed by atoms with van der Waals surface area (Å²) in [6, 6.07) is 5.46. The first-order valence-electron chi connectivity index (χ1n) is 6.77. The maximum Gasteiger partial charge on any atom is 0.322 e. The molecule has 1 N–H and O–H groups in total. The fourth-order valence-corrected chi connectivity index (χ4v) is 2.46. The van der Waals surface area contributed by atoms with E-state index in [9.17, 15) is 9.18 Å². The molecular formula is C14H15FN4O2. The van der Waals surface area contributed by atoms with Gasteiger partial charge in [-0.15, -0.1) is 0 Å². The number of para-hydroxylation sites is 1. The van der Waals surface area contributed by atoms with E-state index in [2.05, 4.69) is 15.5 Å². The van der Waals surface area contributed by atoms with Crippen LogP contribution < -0.4 is 5.32 Å². The lowest BCUT2D eigenvalue weighted by Crippen LogP contribution is -2.34. The molecule has 1 unspecified atom stereocenters. The molecule has 0 spiro atoms. The molecule has 0 aliphatic carbocycles. The van der Waals surface area contributed by atoms with Crippen molar-refractivity contribution in [2.75, 3.05) is 11.9 Å². The van der Waals surface area contributed by atoms with Crippen molar-refractivity contribution in [2.45, 2.75) is 25.8 Å². The summed E-state index contributed by atoms with van der Waals surface area (Å²) in [5.41, 5.74) is 0.162. The fourth-order valence-electron chi connectivity index (χ4n) is 2.46. The lowest BCUT2D eigenvalue weighted by molar-refractivity contribution is 0.193. The van der Waals surface area contributed by atoms with Crippen LogP contribution >= 0.6 is 0 Å². The zero-order valence-corrected chi connectivity index (χ0v) is 11.5. The summed E-state index contributed by atoms with van der Waals surface area (Å²) >= 11 is 0. The molecular weight excluding hydrogens is 275 g/mol. The number of likely N-dealkylation sites (tertiary alicyclic amines) is 1. The van der Waals surface area contributed by atoms with Crippen molar-refractivity contribution in [2.24, 2.45) is 0 Å². The second-order valence-corrected chi connectivity index (χ2v) is 4.94. The van der Waals surface area contributed by atoms with E-state index in [4.69, 9.17) is 4.52 Å². The van der Waals surface area contributed by atoms with Gasteiger partial charge in [-0.3, -0.25) is 0 Å². The van der Waals surface area contributed by atoms with E-state index in [1.807, 2.05) is 0 Å². The van der Waals surface area contributed by atoms with E-state index in [0.29, 0.717) is 18.3 Å². The largest absolute Gasteiger partial charge is 0.337 e. The third-order valence-electron chi connectivity index (χ3n) is 3.46. The number of benzene rings is 1. The number of anilines is 1. The van der Waals surface area contributed by atoms with Gasteiger partial charge in [-0.05, 0) is 31.9 Å². The number of halogens is 1. The van der Waals surface area contributed by atoms with Crippen LogP contribution in [0.3, 0.4) is 0 Å².